The van der Waals surface area contributed by atoms with Crippen LogP contribution in [0.5, 0.6) is 5.75 Å². The summed E-state index contributed by atoms with van der Waals surface area (Å²) in [7, 11) is 1.76. The first-order valence-corrected chi connectivity index (χ1v) is 10.3. The fourth-order valence-corrected chi connectivity index (χ4v) is 5.92. The van der Waals surface area contributed by atoms with Gasteiger partial charge in [-0.25, -0.2) is 0 Å². The van der Waals surface area contributed by atoms with Gasteiger partial charge >= 0.3 is 0 Å². The predicted octanol–water partition coefficient (Wildman–Crippen LogP) is 5.14. The zero-order valence-corrected chi connectivity index (χ0v) is 16.9. The lowest BCUT2D eigenvalue weighted by atomic mass is 9.83. The fourth-order valence-electron chi connectivity index (χ4n) is 4.85. The summed E-state index contributed by atoms with van der Waals surface area (Å²) in [5.41, 5.74) is 4.53. The smallest absolute Gasteiger partial charge is 0.119 e. The molecule has 1 aromatic carbocycles. The summed E-state index contributed by atoms with van der Waals surface area (Å²) in [5.74, 6) is 1.67. The molecule has 0 saturated carbocycles. The second kappa shape index (κ2) is 6.87. The van der Waals surface area contributed by atoms with Crippen molar-refractivity contribution in [2.45, 2.75) is 57.4 Å². The van der Waals surface area contributed by atoms with Crippen LogP contribution < -0.4 is 4.74 Å². The Morgan fingerprint density at radius 3 is 2.96 bits per heavy atom. The lowest BCUT2D eigenvalue weighted by Crippen LogP contribution is -2.43. The van der Waals surface area contributed by atoms with Crippen molar-refractivity contribution >= 4 is 33.8 Å². The van der Waals surface area contributed by atoms with Crippen LogP contribution in [0.3, 0.4) is 0 Å². The number of benzene rings is 1. The number of aromatic nitrogens is 1. The van der Waals surface area contributed by atoms with E-state index in [0.717, 1.165) is 11.8 Å². The molecule has 2 aromatic rings. The minimum Gasteiger partial charge on any atom is -0.497 e. The van der Waals surface area contributed by atoms with Crippen LogP contribution in [0.2, 0.25) is 0 Å². The monoisotopic (exact) mass is 438 g/mol. The van der Waals surface area contributed by atoms with E-state index in [1.807, 2.05) is 0 Å². The van der Waals surface area contributed by atoms with Crippen molar-refractivity contribution in [3.63, 3.8) is 0 Å². The highest BCUT2D eigenvalue weighted by Gasteiger charge is 2.38. The van der Waals surface area contributed by atoms with E-state index in [2.05, 4.69) is 55.7 Å². The summed E-state index contributed by atoms with van der Waals surface area (Å²) >= 11 is 2.53. The van der Waals surface area contributed by atoms with Crippen LogP contribution >= 0.6 is 22.9 Å². The second-order valence-electron chi connectivity index (χ2n) is 7.27. The summed E-state index contributed by atoms with van der Waals surface area (Å²) in [6, 6.07) is 7.31. The van der Waals surface area contributed by atoms with E-state index in [0.29, 0.717) is 5.92 Å². The van der Waals surface area contributed by atoms with Gasteiger partial charge in [0.05, 0.1) is 35.5 Å². The maximum Gasteiger partial charge on any atom is 0.119 e. The number of hydrogen-bond acceptors (Lipinski definition) is 2. The predicted molar refractivity (Wildman–Crippen MR) is 108 cm³/mol. The number of piperidine rings is 1. The number of methoxy groups -OCH3 is 1. The lowest BCUT2D eigenvalue weighted by molar-refractivity contribution is 0.124. The Balaban J connectivity index is 1.85. The zero-order valence-electron chi connectivity index (χ0n) is 14.7. The van der Waals surface area contributed by atoms with Crippen LogP contribution in [0.15, 0.2) is 18.2 Å². The van der Waals surface area contributed by atoms with E-state index in [1.54, 1.807) is 18.4 Å². The molecule has 1 fully saturated rings. The van der Waals surface area contributed by atoms with E-state index in [-0.39, 0.29) is 0 Å². The third kappa shape index (κ3) is 2.66. The van der Waals surface area contributed by atoms with Gasteiger partial charge in [-0.1, -0.05) is 19.8 Å². The first kappa shape index (κ1) is 16.7. The highest BCUT2D eigenvalue weighted by molar-refractivity contribution is 14.1. The van der Waals surface area contributed by atoms with Gasteiger partial charge in [0.25, 0.3) is 0 Å². The third-order valence-corrected chi connectivity index (χ3v) is 7.05. The van der Waals surface area contributed by atoms with Gasteiger partial charge in [-0.3, -0.25) is 7.68 Å². The average molecular weight is 438 g/mol. The van der Waals surface area contributed by atoms with Gasteiger partial charge in [-0.2, -0.15) is 0 Å². The van der Waals surface area contributed by atoms with Gasteiger partial charge < -0.3 is 4.74 Å². The van der Waals surface area contributed by atoms with Crippen molar-refractivity contribution < 1.29 is 4.74 Å². The van der Waals surface area contributed by atoms with Crippen LogP contribution in [-0.4, -0.2) is 33.9 Å². The Labute approximate surface area is 158 Å². The number of ether oxygens (including phenoxy) is 1. The van der Waals surface area contributed by atoms with Crippen LogP contribution in [0.1, 0.15) is 56.2 Å². The van der Waals surface area contributed by atoms with Gasteiger partial charge in [0.15, 0.2) is 0 Å². The van der Waals surface area contributed by atoms with Crippen molar-refractivity contribution in [1.82, 2.24) is 7.68 Å². The maximum absolute atomic E-state index is 5.49. The third-order valence-electron chi connectivity index (χ3n) is 6.01. The first-order chi connectivity index (χ1) is 11.7. The molecule has 3 heterocycles. The molecule has 130 valence electrons. The molecule has 0 N–H and O–H groups in total. The molecule has 0 radical (unpaired) electrons. The summed E-state index contributed by atoms with van der Waals surface area (Å²) in [4.78, 5) is 2.78. The topological polar surface area (TPSA) is 17.4 Å². The van der Waals surface area contributed by atoms with E-state index < -0.39 is 0 Å². The van der Waals surface area contributed by atoms with Gasteiger partial charge in [0, 0.05) is 29.6 Å². The van der Waals surface area contributed by atoms with Crippen molar-refractivity contribution in [3.8, 4) is 5.75 Å². The Kier molecular flexibility index (Phi) is 4.78. The first-order valence-electron chi connectivity index (χ1n) is 9.36. The molecule has 1 unspecified atom stereocenters. The Bertz CT molecular complexity index is 739. The highest BCUT2D eigenvalue weighted by atomic mass is 127. The van der Waals surface area contributed by atoms with Crippen molar-refractivity contribution in [2.75, 3.05) is 20.2 Å². The minimum atomic E-state index is 0.693. The van der Waals surface area contributed by atoms with Crippen molar-refractivity contribution in [2.24, 2.45) is 0 Å². The number of rotatable bonds is 4. The van der Waals surface area contributed by atoms with Gasteiger partial charge in [0.2, 0.25) is 0 Å². The number of nitrogens with zero attached hydrogens (tertiary/aromatic N) is 2. The Morgan fingerprint density at radius 1 is 1.29 bits per heavy atom. The molecule has 1 aromatic heterocycles. The largest absolute Gasteiger partial charge is 0.497 e. The van der Waals surface area contributed by atoms with Crippen LogP contribution in [0.4, 0.5) is 0 Å². The molecule has 4 heteroatoms. The highest BCUT2D eigenvalue weighted by Crippen LogP contribution is 2.44. The molecule has 3 atom stereocenters. The second-order valence-corrected chi connectivity index (χ2v) is 8.24. The number of fused-ring (bicyclic) bond motifs is 6. The molecule has 0 amide bonds. The van der Waals surface area contributed by atoms with E-state index in [1.165, 1.54) is 62.5 Å². The quantitative estimate of drug-likeness (QED) is 0.615. The Morgan fingerprint density at radius 2 is 2.17 bits per heavy atom. The fraction of sp³-hybridized carbons (Fsp3) is 0.600. The summed E-state index contributed by atoms with van der Waals surface area (Å²) in [5, 5.41) is 1.40. The molecule has 0 spiro atoms. The standard InChI is InChI=1S/C20H27IN2O/c1-3-4-7-18-16-6-5-11-22(18)12-10-15-17-13-14(24-2)8-9-19(17)23(21)20(15)16/h8-9,13,16,18H,3-7,10-12H2,1-2H3/t16-,18?/m1/s1. The van der Waals surface area contributed by atoms with Gasteiger partial charge in [-0.05, 0) is 56.0 Å². The van der Waals surface area contributed by atoms with Crippen molar-refractivity contribution in [3.05, 3.63) is 29.5 Å². The molecular formula is C20H27IN2O. The van der Waals surface area contributed by atoms with E-state index in [9.17, 15) is 0 Å². The van der Waals surface area contributed by atoms with Crippen LogP contribution in [0.25, 0.3) is 10.9 Å². The SMILES string of the molecule is CCCCC1[C@H]2CCC[N@]1CCc1c2n(I)c2ccc(OC)cc12. The number of hydrogen-bond donors (Lipinski definition) is 0. The summed E-state index contributed by atoms with van der Waals surface area (Å²) < 4.78 is 7.95. The van der Waals surface area contributed by atoms with Crippen LogP contribution in [-0.2, 0) is 6.42 Å². The molecule has 3 nitrogen and oxygen atoms in total. The van der Waals surface area contributed by atoms with E-state index in [4.69, 9.17) is 4.74 Å². The van der Waals surface area contributed by atoms with E-state index >= 15 is 0 Å². The van der Waals surface area contributed by atoms with Gasteiger partial charge in [-0.15, -0.1) is 0 Å². The number of halogens is 1. The molecule has 2 aliphatic heterocycles. The molecule has 2 bridgehead atoms. The number of unbranched alkanes of at least 4 members (excludes halogenated alkanes) is 1. The molecule has 0 aliphatic carbocycles. The lowest BCUT2D eigenvalue weighted by Gasteiger charge is -2.40. The normalized spacial score (nSPS) is 26.2. The average Bonchev–Trinajstić information content (AvgIpc) is 2.85. The van der Waals surface area contributed by atoms with Crippen LogP contribution in [0, 0.1) is 0 Å². The molecule has 2 aliphatic rings. The molecule has 24 heavy (non-hydrogen) atoms. The molecule has 1 saturated heterocycles. The summed E-state index contributed by atoms with van der Waals surface area (Å²) in [6.07, 6.45) is 7.86. The molecule has 4 rings (SSSR count). The minimum absolute atomic E-state index is 0.693. The van der Waals surface area contributed by atoms with Crippen molar-refractivity contribution in [1.29, 1.82) is 0 Å². The maximum atomic E-state index is 5.49. The molecular weight excluding hydrogens is 411 g/mol. The van der Waals surface area contributed by atoms with Gasteiger partial charge in [0.1, 0.15) is 5.75 Å². The Hall–Kier alpha value is -0.750. The summed E-state index contributed by atoms with van der Waals surface area (Å²) in [6.45, 7) is 4.82. The zero-order chi connectivity index (χ0) is 16.7.